The van der Waals surface area contributed by atoms with E-state index in [0.717, 1.165) is 23.4 Å². The molecule has 3 heterocycles. The van der Waals surface area contributed by atoms with Gasteiger partial charge in [-0.2, -0.15) is 0 Å². The van der Waals surface area contributed by atoms with E-state index in [9.17, 15) is 28.4 Å². The number of amides is 5. The lowest BCUT2D eigenvalue weighted by molar-refractivity contribution is -0.136. The highest BCUT2D eigenvalue weighted by atomic mass is 19.1. The molecule has 0 saturated carbocycles. The zero-order valence-electron chi connectivity index (χ0n) is 20.4. The minimum absolute atomic E-state index is 0.0754. The third-order valence-corrected chi connectivity index (χ3v) is 7.54. The van der Waals surface area contributed by atoms with Crippen molar-refractivity contribution in [2.24, 2.45) is 5.41 Å². The molecule has 0 radical (unpaired) electrons. The van der Waals surface area contributed by atoms with E-state index in [-0.39, 0.29) is 35.3 Å². The first-order valence-corrected chi connectivity index (χ1v) is 12.3. The fourth-order valence-electron chi connectivity index (χ4n) is 5.13. The molecule has 2 aromatic rings. The Bertz CT molecular complexity index is 1300. The zero-order chi connectivity index (χ0) is 26.3. The second-order valence-electron chi connectivity index (χ2n) is 10.2. The fraction of sp³-hybridized carbons (Fsp3) is 0.370. The smallest absolute Gasteiger partial charge is 0.262 e. The van der Waals surface area contributed by atoms with Gasteiger partial charge in [0.15, 0.2) is 0 Å². The second kappa shape index (κ2) is 9.42. The van der Waals surface area contributed by atoms with Crippen LogP contribution in [-0.4, -0.2) is 60.1 Å². The summed E-state index contributed by atoms with van der Waals surface area (Å²) in [6, 6.07) is 9.55. The Kier molecular flexibility index (Phi) is 6.26. The number of anilines is 1. The first kappa shape index (κ1) is 24.6. The standard InChI is InChI=1S/C27H27FN4O5/c1-27(15-29-23(34)16-2-4-17(28)5-3-16)10-12-31(13-11-27)18-6-7-19-20(14-18)26(37)32(25(19)36)21-8-9-22(33)30-24(21)35/h2-7,14,21H,8-13,15H2,1H3,(H,29,34)(H,30,33,35). The van der Waals surface area contributed by atoms with Crippen LogP contribution in [0.3, 0.4) is 0 Å². The van der Waals surface area contributed by atoms with Gasteiger partial charge >= 0.3 is 0 Å². The van der Waals surface area contributed by atoms with Gasteiger partial charge in [-0.05, 0) is 67.1 Å². The highest BCUT2D eigenvalue weighted by Crippen LogP contribution is 2.35. The highest BCUT2D eigenvalue weighted by molar-refractivity contribution is 6.23. The monoisotopic (exact) mass is 506 g/mol. The molecule has 2 saturated heterocycles. The molecule has 9 nitrogen and oxygen atoms in total. The average molecular weight is 507 g/mol. The molecule has 1 unspecified atom stereocenters. The van der Waals surface area contributed by atoms with Gasteiger partial charge in [0.1, 0.15) is 11.9 Å². The fourth-order valence-corrected chi connectivity index (χ4v) is 5.13. The van der Waals surface area contributed by atoms with Crippen LogP contribution in [0.5, 0.6) is 0 Å². The molecule has 5 amide bonds. The van der Waals surface area contributed by atoms with Crippen LogP contribution in [0.1, 0.15) is 63.7 Å². The maximum atomic E-state index is 13.1. The number of fused-ring (bicyclic) bond motifs is 1. The molecule has 0 aromatic heterocycles. The van der Waals surface area contributed by atoms with Crippen molar-refractivity contribution in [1.82, 2.24) is 15.5 Å². The van der Waals surface area contributed by atoms with Crippen LogP contribution in [0.2, 0.25) is 0 Å². The van der Waals surface area contributed by atoms with E-state index in [1.165, 1.54) is 24.3 Å². The van der Waals surface area contributed by atoms with Crippen molar-refractivity contribution in [2.75, 3.05) is 24.5 Å². The zero-order valence-corrected chi connectivity index (χ0v) is 20.4. The number of nitrogens with one attached hydrogen (secondary N) is 2. The Labute approximate surface area is 213 Å². The van der Waals surface area contributed by atoms with Crippen molar-refractivity contribution in [2.45, 2.75) is 38.6 Å². The van der Waals surface area contributed by atoms with E-state index in [2.05, 4.69) is 22.5 Å². The maximum absolute atomic E-state index is 13.1. The van der Waals surface area contributed by atoms with Gasteiger partial charge in [-0.25, -0.2) is 4.39 Å². The number of halogens is 1. The van der Waals surface area contributed by atoms with Crippen molar-refractivity contribution < 1.29 is 28.4 Å². The van der Waals surface area contributed by atoms with Crippen LogP contribution < -0.4 is 15.5 Å². The van der Waals surface area contributed by atoms with Gasteiger partial charge in [-0.15, -0.1) is 0 Å². The minimum atomic E-state index is -0.991. The number of benzene rings is 2. The Morgan fingerprint density at radius 1 is 1.03 bits per heavy atom. The van der Waals surface area contributed by atoms with Gasteiger partial charge in [0.2, 0.25) is 11.8 Å². The SMILES string of the molecule is CC1(CNC(=O)c2ccc(F)cc2)CCN(c2ccc3c(c2)C(=O)N(C2CCC(=O)NC2=O)C3=O)CC1. The van der Waals surface area contributed by atoms with Crippen LogP contribution in [0, 0.1) is 11.2 Å². The van der Waals surface area contributed by atoms with E-state index >= 15 is 0 Å². The van der Waals surface area contributed by atoms with Crippen LogP contribution in [0.4, 0.5) is 10.1 Å². The third kappa shape index (κ3) is 4.71. The number of carbonyl (C=O) groups is 5. The lowest BCUT2D eigenvalue weighted by Crippen LogP contribution is -2.54. The number of hydrogen-bond donors (Lipinski definition) is 2. The normalized spacial score (nSPS) is 21.1. The van der Waals surface area contributed by atoms with E-state index in [4.69, 9.17) is 0 Å². The summed E-state index contributed by atoms with van der Waals surface area (Å²) in [6.45, 7) is 3.98. The lowest BCUT2D eigenvalue weighted by Gasteiger charge is -2.40. The Morgan fingerprint density at radius 3 is 2.38 bits per heavy atom. The van der Waals surface area contributed by atoms with Crippen molar-refractivity contribution >= 4 is 35.2 Å². The third-order valence-electron chi connectivity index (χ3n) is 7.54. The highest BCUT2D eigenvalue weighted by Gasteiger charge is 2.45. The topological polar surface area (TPSA) is 116 Å². The second-order valence-corrected chi connectivity index (χ2v) is 10.2. The number of piperidine rings is 2. The van der Waals surface area contributed by atoms with Crippen molar-refractivity contribution in [1.29, 1.82) is 0 Å². The van der Waals surface area contributed by atoms with E-state index in [1.54, 1.807) is 18.2 Å². The van der Waals surface area contributed by atoms with Crippen molar-refractivity contribution in [3.05, 3.63) is 65.0 Å². The Hall–Kier alpha value is -4.08. The molecule has 3 aliphatic heterocycles. The van der Waals surface area contributed by atoms with Gasteiger partial charge in [0.25, 0.3) is 17.7 Å². The first-order chi connectivity index (χ1) is 17.6. The van der Waals surface area contributed by atoms with Gasteiger partial charge in [-0.3, -0.25) is 34.2 Å². The molecule has 1 atom stereocenters. The molecule has 2 N–H and O–H groups in total. The molecular formula is C27H27FN4O5. The number of nitrogens with zero attached hydrogens (tertiary/aromatic N) is 2. The molecule has 2 aromatic carbocycles. The van der Waals surface area contributed by atoms with Gasteiger partial charge in [-0.1, -0.05) is 6.92 Å². The summed E-state index contributed by atoms with van der Waals surface area (Å²) < 4.78 is 13.1. The number of carbonyl (C=O) groups excluding carboxylic acids is 5. The molecule has 0 aliphatic carbocycles. The largest absolute Gasteiger partial charge is 0.371 e. The van der Waals surface area contributed by atoms with Crippen molar-refractivity contribution in [3.8, 4) is 0 Å². The van der Waals surface area contributed by atoms with E-state index in [1.807, 2.05) is 0 Å². The average Bonchev–Trinajstić information content (AvgIpc) is 3.13. The van der Waals surface area contributed by atoms with Crippen LogP contribution in [0.15, 0.2) is 42.5 Å². The molecule has 5 rings (SSSR count). The van der Waals surface area contributed by atoms with Gasteiger partial charge in [0, 0.05) is 37.3 Å². The lowest BCUT2D eigenvalue weighted by atomic mass is 9.80. The summed E-state index contributed by atoms with van der Waals surface area (Å²) in [4.78, 5) is 65.3. The molecule has 10 heteroatoms. The molecule has 2 fully saturated rings. The van der Waals surface area contributed by atoms with Crippen LogP contribution in [-0.2, 0) is 9.59 Å². The molecule has 192 valence electrons. The van der Waals surface area contributed by atoms with E-state index < -0.39 is 35.5 Å². The van der Waals surface area contributed by atoms with E-state index in [0.29, 0.717) is 25.2 Å². The number of imide groups is 2. The molecular weight excluding hydrogens is 479 g/mol. The number of hydrogen-bond acceptors (Lipinski definition) is 6. The quantitative estimate of drug-likeness (QED) is 0.601. The molecule has 0 bridgehead atoms. The number of rotatable bonds is 5. The molecule has 0 spiro atoms. The summed E-state index contributed by atoms with van der Waals surface area (Å²) in [7, 11) is 0. The Morgan fingerprint density at radius 2 is 1.70 bits per heavy atom. The summed E-state index contributed by atoms with van der Waals surface area (Å²) in [5.41, 5.74) is 1.60. The van der Waals surface area contributed by atoms with Crippen LogP contribution in [0.25, 0.3) is 0 Å². The molecule has 3 aliphatic rings. The summed E-state index contributed by atoms with van der Waals surface area (Å²) in [5.74, 6) is -2.73. The van der Waals surface area contributed by atoms with Crippen LogP contribution >= 0.6 is 0 Å². The predicted octanol–water partition coefficient (Wildman–Crippen LogP) is 2.26. The summed E-state index contributed by atoms with van der Waals surface area (Å²) in [6.07, 6.45) is 1.78. The Balaban J connectivity index is 1.22. The van der Waals surface area contributed by atoms with Gasteiger partial charge < -0.3 is 10.2 Å². The minimum Gasteiger partial charge on any atom is -0.371 e. The summed E-state index contributed by atoms with van der Waals surface area (Å²) >= 11 is 0. The molecule has 37 heavy (non-hydrogen) atoms. The summed E-state index contributed by atoms with van der Waals surface area (Å²) in [5, 5.41) is 5.15. The first-order valence-electron chi connectivity index (χ1n) is 12.3. The maximum Gasteiger partial charge on any atom is 0.262 e. The predicted molar refractivity (Wildman–Crippen MR) is 131 cm³/mol. The van der Waals surface area contributed by atoms with Crippen molar-refractivity contribution in [3.63, 3.8) is 0 Å². The van der Waals surface area contributed by atoms with Gasteiger partial charge in [0.05, 0.1) is 11.1 Å².